The number of methoxy groups -OCH3 is 1. The molecule has 0 spiro atoms. The highest BCUT2D eigenvalue weighted by molar-refractivity contribution is 5.87. The van der Waals surface area contributed by atoms with Crippen LogP contribution in [0, 0.1) is 5.82 Å². The minimum atomic E-state index is -0.552. The van der Waals surface area contributed by atoms with Crippen molar-refractivity contribution in [1.29, 1.82) is 0 Å². The van der Waals surface area contributed by atoms with Gasteiger partial charge in [0.2, 0.25) is 0 Å². The van der Waals surface area contributed by atoms with Crippen molar-refractivity contribution in [2.75, 3.05) is 25.2 Å². The Balaban J connectivity index is 1.45. The molecule has 6 rings (SSSR count). The van der Waals surface area contributed by atoms with Gasteiger partial charge in [-0.25, -0.2) is 18.7 Å². The minimum Gasteiger partial charge on any atom is -0.464 e. The van der Waals surface area contributed by atoms with Gasteiger partial charge in [0, 0.05) is 31.5 Å². The summed E-state index contributed by atoms with van der Waals surface area (Å²) >= 11 is 0. The third-order valence-electron chi connectivity index (χ3n) is 6.64. The van der Waals surface area contributed by atoms with Gasteiger partial charge in [-0.3, -0.25) is 0 Å². The maximum atomic E-state index is 14.5. The number of ether oxygens (including phenoxy) is 2. The zero-order valence-electron chi connectivity index (χ0n) is 19.2. The quantitative estimate of drug-likeness (QED) is 0.414. The van der Waals surface area contributed by atoms with Crippen molar-refractivity contribution < 1.29 is 18.7 Å². The molecule has 2 aliphatic rings. The Kier molecular flexibility index (Phi) is 5.40. The number of esters is 1. The largest absolute Gasteiger partial charge is 0.464 e. The summed E-state index contributed by atoms with van der Waals surface area (Å²) in [5.74, 6) is -0.338. The average molecular weight is 478 g/mol. The van der Waals surface area contributed by atoms with Crippen LogP contribution >= 0.6 is 0 Å². The Bertz CT molecular complexity index is 1380. The molecule has 0 aromatic carbocycles. The Hall–Kier alpha value is -3.86. The zero-order chi connectivity index (χ0) is 23.9. The van der Waals surface area contributed by atoms with Crippen molar-refractivity contribution in [2.24, 2.45) is 0 Å². The average Bonchev–Trinajstić information content (AvgIpc) is 3.54. The number of halogens is 1. The highest BCUT2D eigenvalue weighted by Gasteiger charge is 2.36. The molecule has 180 valence electrons. The SMILES string of the molecule is COC(=O)c1ccc(N2CCc3c(ncn3C3CCCCO3)C2c2cc3c(F)cccn3n2)nn1. The third kappa shape index (κ3) is 3.72. The van der Waals surface area contributed by atoms with Gasteiger partial charge in [-0.1, -0.05) is 0 Å². The van der Waals surface area contributed by atoms with Crippen molar-refractivity contribution in [3.05, 3.63) is 71.4 Å². The normalized spacial score (nSPS) is 20.1. The maximum absolute atomic E-state index is 14.5. The van der Waals surface area contributed by atoms with Crippen LogP contribution in [0.15, 0.2) is 42.9 Å². The molecule has 4 aromatic heterocycles. The molecule has 0 N–H and O–H groups in total. The van der Waals surface area contributed by atoms with E-state index in [0.29, 0.717) is 30.0 Å². The minimum absolute atomic E-state index is 0.0372. The van der Waals surface area contributed by atoms with Crippen LogP contribution in [0.1, 0.15) is 59.1 Å². The van der Waals surface area contributed by atoms with Crippen molar-refractivity contribution in [3.8, 4) is 0 Å². The molecule has 1 saturated heterocycles. The molecular formula is C24H24FN7O3. The molecule has 2 atom stereocenters. The molecule has 2 aliphatic heterocycles. The van der Waals surface area contributed by atoms with Crippen LogP contribution in [0.5, 0.6) is 0 Å². The number of anilines is 1. The van der Waals surface area contributed by atoms with Gasteiger partial charge in [-0.15, -0.1) is 10.2 Å². The van der Waals surface area contributed by atoms with E-state index in [4.69, 9.17) is 14.5 Å². The van der Waals surface area contributed by atoms with E-state index in [0.717, 1.165) is 37.3 Å². The molecule has 2 unspecified atom stereocenters. The number of hydrogen-bond acceptors (Lipinski definition) is 8. The lowest BCUT2D eigenvalue weighted by atomic mass is 9.99. The van der Waals surface area contributed by atoms with Gasteiger partial charge < -0.3 is 18.9 Å². The van der Waals surface area contributed by atoms with Crippen LogP contribution in [0.2, 0.25) is 0 Å². The molecular weight excluding hydrogens is 453 g/mol. The first-order valence-electron chi connectivity index (χ1n) is 11.6. The van der Waals surface area contributed by atoms with Gasteiger partial charge in [0.1, 0.15) is 23.6 Å². The summed E-state index contributed by atoms with van der Waals surface area (Å²) < 4.78 is 28.9. The number of imidazole rings is 1. The van der Waals surface area contributed by atoms with E-state index in [1.54, 1.807) is 30.5 Å². The first kappa shape index (κ1) is 21.7. The lowest BCUT2D eigenvalue weighted by Crippen LogP contribution is -2.38. The van der Waals surface area contributed by atoms with E-state index in [1.165, 1.54) is 17.7 Å². The number of carbonyl (C=O) groups excluding carboxylic acids is 1. The van der Waals surface area contributed by atoms with Crippen molar-refractivity contribution >= 4 is 17.3 Å². The van der Waals surface area contributed by atoms with Crippen LogP contribution in [0.25, 0.3) is 5.52 Å². The maximum Gasteiger partial charge on any atom is 0.358 e. The topological polar surface area (TPSA) is 99.7 Å². The Morgan fingerprint density at radius 1 is 1.23 bits per heavy atom. The predicted octanol–water partition coefficient (Wildman–Crippen LogP) is 3.10. The molecule has 0 bridgehead atoms. The fourth-order valence-electron chi connectivity index (χ4n) is 4.95. The Morgan fingerprint density at radius 2 is 2.14 bits per heavy atom. The molecule has 11 heteroatoms. The molecule has 0 aliphatic carbocycles. The second-order valence-electron chi connectivity index (χ2n) is 8.67. The van der Waals surface area contributed by atoms with E-state index < -0.39 is 12.0 Å². The zero-order valence-corrected chi connectivity index (χ0v) is 19.2. The monoisotopic (exact) mass is 477 g/mol. The third-order valence-corrected chi connectivity index (χ3v) is 6.64. The summed E-state index contributed by atoms with van der Waals surface area (Å²) in [5, 5.41) is 13.0. The molecule has 4 aromatic rings. The number of nitrogens with zero attached hydrogens (tertiary/aromatic N) is 7. The number of pyridine rings is 1. The number of aromatic nitrogens is 6. The summed E-state index contributed by atoms with van der Waals surface area (Å²) in [5.41, 5.74) is 3.06. The summed E-state index contributed by atoms with van der Waals surface area (Å²) in [6, 6.07) is 7.68. The smallest absolute Gasteiger partial charge is 0.358 e. The van der Waals surface area contributed by atoms with E-state index in [9.17, 15) is 9.18 Å². The van der Waals surface area contributed by atoms with E-state index in [2.05, 4.69) is 19.9 Å². The van der Waals surface area contributed by atoms with Gasteiger partial charge >= 0.3 is 5.97 Å². The predicted molar refractivity (Wildman–Crippen MR) is 122 cm³/mol. The molecule has 6 heterocycles. The van der Waals surface area contributed by atoms with Crippen LogP contribution < -0.4 is 4.90 Å². The van der Waals surface area contributed by atoms with Crippen LogP contribution in [-0.4, -0.2) is 55.6 Å². The number of rotatable bonds is 4. The van der Waals surface area contributed by atoms with E-state index >= 15 is 0 Å². The summed E-state index contributed by atoms with van der Waals surface area (Å²) in [6.07, 6.45) is 7.35. The standard InChI is InChI=1S/C24H24FN7O3/c1-34-24(33)16-7-8-20(28-27-16)30-11-9-18-22(26-14-31(18)21-6-2-3-12-35-21)23(30)17-13-19-15(25)5-4-10-32(19)29-17/h4-5,7-8,10,13-14,21,23H,2-3,6,9,11-12H2,1H3. The summed E-state index contributed by atoms with van der Waals surface area (Å²) in [4.78, 5) is 18.7. The van der Waals surface area contributed by atoms with Gasteiger partial charge in [-0.05, 0) is 49.6 Å². The molecule has 0 saturated carbocycles. The molecule has 1 fully saturated rings. The van der Waals surface area contributed by atoms with Crippen molar-refractivity contribution in [2.45, 2.75) is 38.0 Å². The Labute approximate surface area is 200 Å². The van der Waals surface area contributed by atoms with Gasteiger partial charge in [0.15, 0.2) is 11.5 Å². The van der Waals surface area contributed by atoms with Crippen LogP contribution in [0.4, 0.5) is 10.2 Å². The van der Waals surface area contributed by atoms with Crippen LogP contribution in [-0.2, 0) is 15.9 Å². The summed E-state index contributed by atoms with van der Waals surface area (Å²) in [6.45, 7) is 1.35. The van der Waals surface area contributed by atoms with Crippen molar-refractivity contribution in [3.63, 3.8) is 0 Å². The van der Waals surface area contributed by atoms with Crippen molar-refractivity contribution in [1.82, 2.24) is 29.4 Å². The molecule has 35 heavy (non-hydrogen) atoms. The first-order chi connectivity index (χ1) is 17.1. The molecule has 0 radical (unpaired) electrons. The van der Waals surface area contributed by atoms with E-state index in [1.807, 2.05) is 11.2 Å². The molecule has 0 amide bonds. The highest BCUT2D eigenvalue weighted by atomic mass is 19.1. The second kappa shape index (κ2) is 8.73. The lowest BCUT2D eigenvalue weighted by Gasteiger charge is -2.36. The fourth-order valence-corrected chi connectivity index (χ4v) is 4.95. The summed E-state index contributed by atoms with van der Waals surface area (Å²) in [7, 11) is 1.30. The molecule has 10 nitrogen and oxygen atoms in total. The fraction of sp³-hybridized carbons (Fsp3) is 0.375. The van der Waals surface area contributed by atoms with E-state index in [-0.39, 0.29) is 17.7 Å². The van der Waals surface area contributed by atoms with Gasteiger partial charge in [0.05, 0.1) is 24.8 Å². The second-order valence-corrected chi connectivity index (χ2v) is 8.67. The van der Waals surface area contributed by atoms with Gasteiger partial charge in [-0.2, -0.15) is 5.10 Å². The Morgan fingerprint density at radius 3 is 2.89 bits per heavy atom. The lowest BCUT2D eigenvalue weighted by molar-refractivity contribution is -0.0336. The van der Waals surface area contributed by atoms with Crippen LogP contribution in [0.3, 0.4) is 0 Å². The number of carbonyl (C=O) groups is 1. The van der Waals surface area contributed by atoms with Gasteiger partial charge in [0.25, 0.3) is 0 Å². The number of hydrogen-bond donors (Lipinski definition) is 0. The highest BCUT2D eigenvalue weighted by Crippen LogP contribution is 2.38. The number of fused-ring (bicyclic) bond motifs is 2. The first-order valence-corrected chi connectivity index (χ1v) is 11.6.